The molecule has 9 nitrogen and oxygen atoms in total. The van der Waals surface area contributed by atoms with Gasteiger partial charge < -0.3 is 20.3 Å². The van der Waals surface area contributed by atoms with Gasteiger partial charge in [-0.2, -0.15) is 0 Å². The summed E-state index contributed by atoms with van der Waals surface area (Å²) in [5.74, 6) is 1.61. The number of sulfone groups is 1. The first-order chi connectivity index (χ1) is 25.1. The second kappa shape index (κ2) is 13.7. The average Bonchev–Trinajstić information content (AvgIpc) is 3.47. The van der Waals surface area contributed by atoms with E-state index in [1.165, 1.54) is 44.9 Å². The van der Waals surface area contributed by atoms with Gasteiger partial charge in [-0.15, -0.1) is 0 Å². The Hall–Kier alpha value is -1.23. The van der Waals surface area contributed by atoms with Gasteiger partial charge in [0, 0.05) is 30.1 Å². The number of carboxylic acids is 1. The Morgan fingerprint density at radius 1 is 0.815 bits per heavy atom. The van der Waals surface area contributed by atoms with E-state index in [1.807, 2.05) is 13.8 Å². The summed E-state index contributed by atoms with van der Waals surface area (Å²) in [4.78, 5) is 27.6. The average molecular weight is 775 g/mol. The van der Waals surface area contributed by atoms with Crippen LogP contribution >= 0.6 is 0 Å². The molecule has 6 aliphatic carbocycles. The number of fused-ring (bicyclic) bond motifs is 7. The molecular formula is C44H74N2O7S. The summed E-state index contributed by atoms with van der Waals surface area (Å²) >= 11 is 0. The van der Waals surface area contributed by atoms with Crippen molar-refractivity contribution in [2.75, 3.05) is 37.7 Å². The van der Waals surface area contributed by atoms with Gasteiger partial charge in [0.1, 0.15) is 6.10 Å². The Bertz CT molecular complexity index is 1570. The molecule has 54 heavy (non-hydrogen) atoms. The first-order valence-electron chi connectivity index (χ1n) is 21.8. The monoisotopic (exact) mass is 775 g/mol. The summed E-state index contributed by atoms with van der Waals surface area (Å²) in [7, 11) is -2.96. The van der Waals surface area contributed by atoms with E-state index >= 15 is 0 Å². The predicted octanol–water partition coefficient (Wildman–Crippen LogP) is 6.82. The fourth-order valence-electron chi connectivity index (χ4n) is 15.6. The van der Waals surface area contributed by atoms with Gasteiger partial charge in [0.15, 0.2) is 9.84 Å². The van der Waals surface area contributed by atoms with E-state index in [9.17, 15) is 28.2 Å². The molecule has 0 amide bonds. The molecule has 3 N–H and O–H groups in total. The number of ether oxygens (including phenoxy) is 1. The number of nitrogens with one attached hydrogen (secondary N) is 1. The van der Waals surface area contributed by atoms with E-state index in [1.54, 1.807) is 0 Å². The third-order valence-corrected chi connectivity index (χ3v) is 20.6. The molecule has 7 aliphatic rings. The van der Waals surface area contributed by atoms with E-state index in [2.05, 4.69) is 58.7 Å². The van der Waals surface area contributed by atoms with Crippen LogP contribution in [0.2, 0.25) is 0 Å². The minimum atomic E-state index is -2.96. The number of aliphatic hydroxyl groups is 1. The SMILES string of the molecule is CC(C)[C@@H]1CC[C@]2(NCCC(CO)N3CCS(=O)(=O)CC3)CC[C@]3(C)[C@H](CC[C@@H]4[C@@]5(C)CC[C@H](OC(=O)[C@H]6[C@@H](C(=O)O)C6(C)C)C(C)(C)[C@@H]5CC[C@]43C)[C@@H]12. The highest BCUT2D eigenvalue weighted by Gasteiger charge is 2.72. The summed E-state index contributed by atoms with van der Waals surface area (Å²) in [5.41, 5.74) is -0.00696. The standard InChI is InChI=1S/C44H74N2O7S/c1-27(2)29-12-18-44(45-21-15-28(26-47)46-22-24-54(51,52)25-23-46)20-19-42(8)30(34(29)44)10-11-32-41(7)16-14-33(39(3,4)31(41)13-17-43(32,42)9)53-38(50)36-35(37(48)49)40(36,5)6/h27-36,45,47H,10-26H2,1-9H3,(H,48,49)/t28?,29-,30+,31-,32+,33-,34+,35-,36+,41-,42+,43+,44-/m0/s1. The maximum atomic E-state index is 13.5. The molecule has 0 bridgehead atoms. The van der Waals surface area contributed by atoms with Crippen LogP contribution in [-0.2, 0) is 24.2 Å². The third kappa shape index (κ3) is 6.17. The van der Waals surface area contributed by atoms with Crippen molar-refractivity contribution in [3.63, 3.8) is 0 Å². The second-order valence-corrected chi connectivity index (χ2v) is 24.2. The minimum Gasteiger partial charge on any atom is -0.481 e. The van der Waals surface area contributed by atoms with Gasteiger partial charge in [0.05, 0.1) is 29.9 Å². The van der Waals surface area contributed by atoms with Crippen LogP contribution in [0, 0.1) is 74.4 Å². The summed E-state index contributed by atoms with van der Waals surface area (Å²) in [6, 6.07) is -0.00523. The van der Waals surface area contributed by atoms with Gasteiger partial charge in [0.25, 0.3) is 0 Å². The lowest BCUT2D eigenvalue weighted by atomic mass is 9.32. The van der Waals surface area contributed by atoms with Crippen LogP contribution in [0.5, 0.6) is 0 Å². The quantitative estimate of drug-likeness (QED) is 0.205. The predicted molar refractivity (Wildman–Crippen MR) is 211 cm³/mol. The van der Waals surface area contributed by atoms with Crippen molar-refractivity contribution in [2.45, 2.75) is 151 Å². The number of carbonyl (C=O) groups is 2. The van der Waals surface area contributed by atoms with E-state index in [0.717, 1.165) is 32.2 Å². The summed E-state index contributed by atoms with van der Waals surface area (Å²) in [6.07, 6.45) is 12.3. The van der Waals surface area contributed by atoms with E-state index in [4.69, 9.17) is 4.74 Å². The molecule has 1 unspecified atom stereocenters. The molecule has 10 heteroatoms. The Kier molecular flexibility index (Phi) is 10.4. The smallest absolute Gasteiger partial charge is 0.310 e. The lowest BCUT2D eigenvalue weighted by Gasteiger charge is -2.73. The van der Waals surface area contributed by atoms with E-state index in [0.29, 0.717) is 48.6 Å². The molecule has 0 radical (unpaired) electrons. The van der Waals surface area contributed by atoms with Gasteiger partial charge in [-0.1, -0.05) is 62.3 Å². The molecule has 6 saturated carbocycles. The number of aliphatic carboxylic acids is 1. The molecule has 7 fully saturated rings. The summed E-state index contributed by atoms with van der Waals surface area (Å²) in [5, 5.41) is 24.3. The Balaban J connectivity index is 1.08. The first-order valence-corrected chi connectivity index (χ1v) is 23.7. The van der Waals surface area contributed by atoms with E-state index in [-0.39, 0.29) is 63.4 Å². The molecule has 0 aromatic heterocycles. The van der Waals surface area contributed by atoms with Crippen molar-refractivity contribution in [2.24, 2.45) is 74.4 Å². The highest BCUT2D eigenvalue weighted by molar-refractivity contribution is 7.91. The van der Waals surface area contributed by atoms with Crippen LogP contribution in [0.25, 0.3) is 0 Å². The van der Waals surface area contributed by atoms with Gasteiger partial charge in [-0.3, -0.25) is 14.5 Å². The topological polar surface area (TPSA) is 133 Å². The molecule has 1 heterocycles. The van der Waals surface area contributed by atoms with Gasteiger partial charge in [-0.25, -0.2) is 8.42 Å². The largest absolute Gasteiger partial charge is 0.481 e. The van der Waals surface area contributed by atoms with Crippen LogP contribution in [0.3, 0.4) is 0 Å². The highest BCUT2D eigenvalue weighted by atomic mass is 32.2. The maximum Gasteiger partial charge on any atom is 0.310 e. The first kappa shape index (κ1) is 40.9. The molecule has 0 spiro atoms. The fraction of sp³-hybridized carbons (Fsp3) is 0.955. The Morgan fingerprint density at radius 3 is 2.11 bits per heavy atom. The van der Waals surface area contributed by atoms with Crippen molar-refractivity contribution >= 4 is 21.8 Å². The molecule has 13 atom stereocenters. The van der Waals surface area contributed by atoms with Crippen LogP contribution in [0.1, 0.15) is 133 Å². The van der Waals surface area contributed by atoms with E-state index < -0.39 is 33.1 Å². The Morgan fingerprint density at radius 2 is 1.50 bits per heavy atom. The third-order valence-electron chi connectivity index (χ3n) is 18.9. The molecule has 1 aliphatic heterocycles. The lowest BCUT2D eigenvalue weighted by Crippen LogP contribution is -2.69. The van der Waals surface area contributed by atoms with Crippen molar-refractivity contribution < 1.29 is 33.0 Å². The van der Waals surface area contributed by atoms with Gasteiger partial charge in [0.2, 0.25) is 0 Å². The number of hydrogen-bond donors (Lipinski definition) is 3. The number of carbonyl (C=O) groups excluding carboxylic acids is 1. The number of aliphatic hydroxyl groups excluding tert-OH is 1. The Labute approximate surface area is 326 Å². The zero-order valence-electron chi connectivity index (χ0n) is 35.1. The molecule has 0 aromatic rings. The lowest BCUT2D eigenvalue weighted by molar-refractivity contribution is -0.247. The zero-order chi connectivity index (χ0) is 39.4. The van der Waals surface area contributed by atoms with Gasteiger partial charge in [-0.05, 0) is 134 Å². The summed E-state index contributed by atoms with van der Waals surface area (Å²) in [6.45, 7) is 23.2. The second-order valence-electron chi connectivity index (χ2n) is 21.9. The zero-order valence-corrected chi connectivity index (χ0v) is 35.9. The van der Waals surface area contributed by atoms with Crippen LogP contribution in [-0.4, -0.2) is 90.9 Å². The number of nitrogens with zero attached hydrogens (tertiary/aromatic N) is 1. The van der Waals surface area contributed by atoms with Crippen LogP contribution in [0.4, 0.5) is 0 Å². The maximum absolute atomic E-state index is 13.5. The molecular weight excluding hydrogens is 701 g/mol. The van der Waals surface area contributed by atoms with Crippen LogP contribution < -0.4 is 5.32 Å². The number of hydrogen-bond acceptors (Lipinski definition) is 8. The van der Waals surface area contributed by atoms with Crippen molar-refractivity contribution in [3.05, 3.63) is 0 Å². The van der Waals surface area contributed by atoms with Gasteiger partial charge >= 0.3 is 11.9 Å². The number of carboxylic acid groups (broad SMARTS) is 1. The van der Waals surface area contributed by atoms with Crippen LogP contribution in [0.15, 0.2) is 0 Å². The normalized spacial score (nSPS) is 46.7. The molecule has 1 saturated heterocycles. The van der Waals surface area contributed by atoms with Crippen molar-refractivity contribution in [3.8, 4) is 0 Å². The molecule has 7 rings (SSSR count). The molecule has 308 valence electrons. The fourth-order valence-corrected chi connectivity index (χ4v) is 16.8. The number of rotatable bonds is 10. The van der Waals surface area contributed by atoms with Crippen molar-refractivity contribution in [1.29, 1.82) is 0 Å². The summed E-state index contributed by atoms with van der Waals surface area (Å²) < 4.78 is 30.5. The number of esters is 1. The molecule has 0 aromatic carbocycles. The minimum absolute atomic E-state index is 0.00523. The highest BCUT2D eigenvalue weighted by Crippen LogP contribution is 2.76. The van der Waals surface area contributed by atoms with Crippen molar-refractivity contribution in [1.82, 2.24) is 10.2 Å².